The van der Waals surface area contributed by atoms with E-state index in [-0.39, 0.29) is 17.6 Å². The van der Waals surface area contributed by atoms with E-state index in [2.05, 4.69) is 12.6 Å². The van der Waals surface area contributed by atoms with Crippen LogP contribution in [0, 0.1) is 0 Å². The van der Waals surface area contributed by atoms with Crippen LogP contribution in [0.2, 0.25) is 0 Å². The first-order valence-electron chi connectivity index (χ1n) is 3.68. The molecule has 0 aliphatic rings. The molecule has 0 aromatic rings. The molecule has 0 aromatic heterocycles. The number of nitrogens with two attached hydrogens (primary N) is 1. The number of hydrogen-bond acceptors (Lipinski definition) is 5. The zero-order valence-electron chi connectivity index (χ0n) is 7.98. The minimum absolute atomic E-state index is 0.190. The van der Waals surface area contributed by atoms with Gasteiger partial charge in [0, 0.05) is 19.6 Å². The number of carbonyl (C=O) groups excluding carboxylic acids is 2. The van der Waals surface area contributed by atoms with Crippen molar-refractivity contribution in [2.75, 3.05) is 5.75 Å². The molecular formula is C7H14N2O4S. The van der Waals surface area contributed by atoms with Gasteiger partial charge in [0.15, 0.2) is 0 Å². The zero-order chi connectivity index (χ0) is 11.7. The monoisotopic (exact) mass is 222 g/mol. The number of thiol groups is 1. The van der Waals surface area contributed by atoms with Gasteiger partial charge < -0.3 is 10.8 Å². The van der Waals surface area contributed by atoms with Gasteiger partial charge in [0.05, 0.1) is 0 Å². The smallest absolute Gasteiger partial charge is 0.321 e. The molecule has 4 N–H and O–H groups in total. The van der Waals surface area contributed by atoms with Crippen LogP contribution in [0.3, 0.4) is 0 Å². The minimum atomic E-state index is -1.00. The third-order valence-electron chi connectivity index (χ3n) is 0.866. The molecular weight excluding hydrogens is 208 g/mol. The number of hydrogen-bond donors (Lipinski definition) is 4. The standard InChI is InChI=1S/C4H7NO2.C3H7NO2S/c1-3(6)5-4(2)7;4-2(1-7)3(5)6/h1-2H3,(H,5,6,7);2,7H,1,4H2,(H,5,6)/t;2-/m.0/s1. The van der Waals surface area contributed by atoms with Crippen molar-refractivity contribution in [1.29, 1.82) is 0 Å². The van der Waals surface area contributed by atoms with Gasteiger partial charge in [-0.1, -0.05) is 0 Å². The van der Waals surface area contributed by atoms with Crippen molar-refractivity contribution >= 4 is 30.4 Å². The lowest BCUT2D eigenvalue weighted by Gasteiger charge is -1.96. The van der Waals surface area contributed by atoms with Gasteiger partial charge in [-0.2, -0.15) is 12.6 Å². The molecule has 82 valence electrons. The van der Waals surface area contributed by atoms with E-state index >= 15 is 0 Å². The van der Waals surface area contributed by atoms with Crippen molar-refractivity contribution in [2.45, 2.75) is 19.9 Å². The van der Waals surface area contributed by atoms with Gasteiger partial charge in [0.1, 0.15) is 6.04 Å². The van der Waals surface area contributed by atoms with Crippen LogP contribution in [0.25, 0.3) is 0 Å². The van der Waals surface area contributed by atoms with Crippen LogP contribution in [0.5, 0.6) is 0 Å². The molecule has 7 heteroatoms. The Balaban J connectivity index is 0. The number of carboxylic acids is 1. The summed E-state index contributed by atoms with van der Waals surface area (Å²) < 4.78 is 0. The van der Waals surface area contributed by atoms with Crippen LogP contribution < -0.4 is 11.1 Å². The largest absolute Gasteiger partial charge is 0.480 e. The quantitative estimate of drug-likeness (QED) is 0.448. The number of carbonyl (C=O) groups is 3. The summed E-state index contributed by atoms with van der Waals surface area (Å²) >= 11 is 3.65. The third kappa shape index (κ3) is 13.5. The third-order valence-corrected chi connectivity index (χ3v) is 1.26. The van der Waals surface area contributed by atoms with Crippen molar-refractivity contribution in [3.63, 3.8) is 0 Å². The Morgan fingerprint density at radius 1 is 1.36 bits per heavy atom. The molecule has 0 saturated carbocycles. The number of nitrogens with one attached hydrogen (secondary N) is 1. The molecule has 2 amide bonds. The highest BCUT2D eigenvalue weighted by atomic mass is 32.1. The summed E-state index contributed by atoms with van der Waals surface area (Å²) in [5.74, 6) is -1.44. The van der Waals surface area contributed by atoms with E-state index in [1.165, 1.54) is 13.8 Å². The molecule has 0 saturated heterocycles. The van der Waals surface area contributed by atoms with Gasteiger partial charge >= 0.3 is 5.97 Å². The molecule has 0 unspecified atom stereocenters. The molecule has 0 aliphatic heterocycles. The molecule has 0 fully saturated rings. The first-order valence-corrected chi connectivity index (χ1v) is 4.31. The van der Waals surface area contributed by atoms with Crippen molar-refractivity contribution in [1.82, 2.24) is 5.32 Å². The predicted molar refractivity (Wildman–Crippen MR) is 54.0 cm³/mol. The summed E-state index contributed by atoms with van der Waals surface area (Å²) in [6.07, 6.45) is 0. The highest BCUT2D eigenvalue weighted by Gasteiger charge is 2.06. The number of imide groups is 1. The lowest BCUT2D eigenvalue weighted by molar-refractivity contribution is -0.138. The first-order chi connectivity index (χ1) is 6.31. The van der Waals surface area contributed by atoms with E-state index in [4.69, 9.17) is 10.8 Å². The average molecular weight is 222 g/mol. The van der Waals surface area contributed by atoms with Crippen LogP contribution in [0.15, 0.2) is 0 Å². The summed E-state index contributed by atoms with van der Waals surface area (Å²) in [6.45, 7) is 2.59. The summed E-state index contributed by atoms with van der Waals surface area (Å²) in [7, 11) is 0. The second-order valence-electron chi connectivity index (χ2n) is 2.36. The highest BCUT2D eigenvalue weighted by Crippen LogP contribution is 1.80. The van der Waals surface area contributed by atoms with Gasteiger partial charge in [0.2, 0.25) is 11.8 Å². The van der Waals surface area contributed by atoms with Crippen molar-refractivity contribution in [3.8, 4) is 0 Å². The van der Waals surface area contributed by atoms with Crippen molar-refractivity contribution in [2.24, 2.45) is 5.73 Å². The Labute approximate surface area is 87.3 Å². The van der Waals surface area contributed by atoms with Gasteiger partial charge in [0.25, 0.3) is 0 Å². The van der Waals surface area contributed by atoms with E-state index in [1.54, 1.807) is 0 Å². The topological polar surface area (TPSA) is 109 Å². The van der Waals surface area contributed by atoms with Gasteiger partial charge in [-0.25, -0.2) is 0 Å². The molecule has 14 heavy (non-hydrogen) atoms. The number of aliphatic carboxylic acids is 1. The van der Waals surface area contributed by atoms with Crippen LogP contribution in [0.4, 0.5) is 0 Å². The first kappa shape index (κ1) is 15.4. The molecule has 6 nitrogen and oxygen atoms in total. The normalized spacial score (nSPS) is 10.6. The maximum absolute atomic E-state index is 9.92. The van der Waals surface area contributed by atoms with E-state index < -0.39 is 12.0 Å². The average Bonchev–Trinajstić information content (AvgIpc) is 2.01. The molecule has 0 aromatic carbocycles. The molecule has 0 radical (unpaired) electrons. The Kier molecular flexibility index (Phi) is 9.36. The van der Waals surface area contributed by atoms with Gasteiger partial charge in [-0.05, 0) is 0 Å². The van der Waals surface area contributed by atoms with Crippen LogP contribution in [0.1, 0.15) is 13.8 Å². The lowest BCUT2D eigenvalue weighted by atomic mass is 10.4. The van der Waals surface area contributed by atoms with Crippen LogP contribution in [-0.4, -0.2) is 34.7 Å². The second-order valence-corrected chi connectivity index (χ2v) is 2.73. The number of amides is 2. The lowest BCUT2D eigenvalue weighted by Crippen LogP contribution is -2.31. The Morgan fingerprint density at radius 3 is 1.71 bits per heavy atom. The summed E-state index contributed by atoms with van der Waals surface area (Å²) in [6, 6.07) is -0.816. The maximum Gasteiger partial charge on any atom is 0.321 e. The second kappa shape index (κ2) is 8.52. The zero-order valence-corrected chi connectivity index (χ0v) is 8.88. The molecule has 0 rings (SSSR count). The number of carboxylic acid groups (broad SMARTS) is 1. The van der Waals surface area contributed by atoms with Gasteiger partial charge in [-0.3, -0.25) is 19.7 Å². The van der Waals surface area contributed by atoms with E-state index in [0.29, 0.717) is 0 Å². The van der Waals surface area contributed by atoms with Crippen molar-refractivity contribution < 1.29 is 19.5 Å². The predicted octanol–water partition coefficient (Wildman–Crippen LogP) is -1.00. The minimum Gasteiger partial charge on any atom is -0.480 e. The van der Waals surface area contributed by atoms with Crippen molar-refractivity contribution in [3.05, 3.63) is 0 Å². The summed E-state index contributed by atoms with van der Waals surface area (Å²) in [4.78, 5) is 29.6. The van der Waals surface area contributed by atoms with Crippen LogP contribution >= 0.6 is 12.6 Å². The number of rotatable bonds is 2. The summed E-state index contributed by atoms with van der Waals surface area (Å²) in [5.41, 5.74) is 4.94. The molecule has 1 atom stereocenters. The Bertz CT molecular complexity index is 208. The Morgan fingerprint density at radius 2 is 1.71 bits per heavy atom. The fourth-order valence-corrected chi connectivity index (χ4v) is 0.482. The fraction of sp³-hybridized carbons (Fsp3) is 0.571. The Hall–Kier alpha value is -1.08. The van der Waals surface area contributed by atoms with E-state index in [1.807, 2.05) is 5.32 Å². The summed E-state index contributed by atoms with van der Waals surface area (Å²) in [5, 5.41) is 10.0. The van der Waals surface area contributed by atoms with Crippen LogP contribution in [-0.2, 0) is 14.4 Å². The van der Waals surface area contributed by atoms with Gasteiger partial charge in [-0.15, -0.1) is 0 Å². The maximum atomic E-state index is 9.92. The molecule has 0 bridgehead atoms. The molecule has 0 spiro atoms. The molecule has 0 aliphatic carbocycles. The fourth-order valence-electron chi connectivity index (χ4n) is 0.326. The SMILES string of the molecule is CC(=O)NC(C)=O.N[C@@H](CS)C(=O)O. The molecule has 0 heterocycles. The van der Waals surface area contributed by atoms with E-state index in [0.717, 1.165) is 0 Å². The highest BCUT2D eigenvalue weighted by molar-refractivity contribution is 7.80. The van der Waals surface area contributed by atoms with E-state index in [9.17, 15) is 14.4 Å².